The van der Waals surface area contributed by atoms with E-state index in [1.807, 2.05) is 4.98 Å². The molecule has 0 fully saturated rings. The molecule has 0 saturated heterocycles. The molecule has 0 aliphatic heterocycles. The van der Waals surface area contributed by atoms with Gasteiger partial charge in [-0.1, -0.05) is 0 Å². The van der Waals surface area contributed by atoms with Crippen LogP contribution in [0.5, 0.6) is 5.88 Å². The Morgan fingerprint density at radius 3 is 2.67 bits per heavy atom. The lowest BCUT2D eigenvalue weighted by Gasteiger charge is -2.05. The van der Waals surface area contributed by atoms with Crippen LogP contribution in [-0.2, 0) is 11.3 Å². The van der Waals surface area contributed by atoms with Gasteiger partial charge < -0.3 is 10.2 Å². The van der Waals surface area contributed by atoms with Gasteiger partial charge >= 0.3 is 11.7 Å². The van der Waals surface area contributed by atoms with E-state index in [0.717, 1.165) is 10.6 Å². The highest BCUT2D eigenvalue weighted by Crippen LogP contribution is 2.02. The molecule has 0 aliphatic rings. The number of carboxylic acids is 1. The minimum absolute atomic E-state index is 0.0494. The lowest BCUT2D eigenvalue weighted by Crippen LogP contribution is -2.29. The number of hydrogen-bond acceptors (Lipinski definition) is 4. The van der Waals surface area contributed by atoms with Crippen molar-refractivity contribution in [2.75, 3.05) is 0 Å². The first-order valence-electron chi connectivity index (χ1n) is 4.25. The van der Waals surface area contributed by atoms with E-state index in [2.05, 4.69) is 0 Å². The van der Waals surface area contributed by atoms with Crippen LogP contribution >= 0.6 is 0 Å². The molecule has 1 aromatic heterocycles. The summed E-state index contributed by atoms with van der Waals surface area (Å²) in [4.78, 5) is 34.0. The third-order valence-corrected chi connectivity index (χ3v) is 1.78. The Morgan fingerprint density at radius 2 is 2.13 bits per heavy atom. The van der Waals surface area contributed by atoms with Gasteiger partial charge in [0.1, 0.15) is 0 Å². The first-order valence-corrected chi connectivity index (χ1v) is 4.25. The zero-order chi connectivity index (χ0) is 11.4. The number of nitrogens with one attached hydrogen (secondary N) is 1. The lowest BCUT2D eigenvalue weighted by molar-refractivity contribution is -0.137. The van der Waals surface area contributed by atoms with Crippen molar-refractivity contribution in [2.24, 2.45) is 0 Å². The number of carbonyl (C=O) groups is 1. The maximum absolute atomic E-state index is 11.1. The number of H-pyrrole nitrogens is 1. The molecular weight excluding hydrogens is 204 g/mol. The van der Waals surface area contributed by atoms with E-state index in [1.165, 1.54) is 0 Å². The molecule has 1 rings (SSSR count). The molecule has 1 heterocycles. The third kappa shape index (κ3) is 2.97. The Kier molecular flexibility index (Phi) is 3.27. The topological polar surface area (TPSA) is 112 Å². The largest absolute Gasteiger partial charge is 0.494 e. The maximum atomic E-state index is 11.1. The molecule has 7 heteroatoms. The molecule has 7 nitrogen and oxygen atoms in total. The minimum Gasteiger partial charge on any atom is -0.494 e. The predicted octanol–water partition coefficient (Wildman–Crippen LogP) is -0.893. The highest BCUT2D eigenvalue weighted by atomic mass is 16.4. The third-order valence-electron chi connectivity index (χ3n) is 1.78. The fourth-order valence-corrected chi connectivity index (χ4v) is 1.11. The molecule has 0 atom stereocenters. The summed E-state index contributed by atoms with van der Waals surface area (Å²) < 4.78 is 0.907. The van der Waals surface area contributed by atoms with Crippen LogP contribution in [-0.4, -0.2) is 25.7 Å². The second-order valence-electron chi connectivity index (χ2n) is 2.95. The second-order valence-corrected chi connectivity index (χ2v) is 2.95. The van der Waals surface area contributed by atoms with Crippen molar-refractivity contribution in [3.05, 3.63) is 26.9 Å². The molecule has 1 aromatic rings. The first-order chi connectivity index (χ1) is 7.00. The van der Waals surface area contributed by atoms with Gasteiger partial charge in [-0.25, -0.2) is 4.79 Å². The molecule has 15 heavy (non-hydrogen) atoms. The van der Waals surface area contributed by atoms with Gasteiger partial charge in [0.25, 0.3) is 5.56 Å². The molecular formula is C8H10N2O5. The number of aliphatic carboxylic acids is 1. The van der Waals surface area contributed by atoms with Crippen molar-refractivity contribution in [3.8, 4) is 5.88 Å². The highest BCUT2D eigenvalue weighted by molar-refractivity contribution is 5.66. The number of aromatic amines is 1. The maximum Gasteiger partial charge on any atom is 0.331 e. The fraction of sp³-hybridized carbons (Fsp3) is 0.375. The second kappa shape index (κ2) is 4.45. The summed E-state index contributed by atoms with van der Waals surface area (Å²) in [6.07, 6.45) is 0.0971. The van der Waals surface area contributed by atoms with Crippen LogP contribution < -0.4 is 11.2 Å². The van der Waals surface area contributed by atoms with Gasteiger partial charge in [0.05, 0.1) is 6.07 Å². The summed E-state index contributed by atoms with van der Waals surface area (Å²) in [6, 6.07) is 0.863. The minimum atomic E-state index is -0.980. The molecule has 0 bridgehead atoms. The Bertz CT molecular complexity index is 473. The van der Waals surface area contributed by atoms with Crippen LogP contribution in [0.3, 0.4) is 0 Å². The molecule has 0 aliphatic carbocycles. The number of aromatic hydroxyl groups is 1. The van der Waals surface area contributed by atoms with E-state index in [4.69, 9.17) is 5.11 Å². The molecule has 0 unspecified atom stereocenters. The molecule has 82 valence electrons. The summed E-state index contributed by atoms with van der Waals surface area (Å²) in [7, 11) is 0. The SMILES string of the molecule is O=C(O)CCCn1c(O)cc(=O)[nH]c1=O. The van der Waals surface area contributed by atoms with Gasteiger partial charge in [0.2, 0.25) is 5.88 Å². The number of hydrogen-bond donors (Lipinski definition) is 3. The predicted molar refractivity (Wildman–Crippen MR) is 49.9 cm³/mol. The van der Waals surface area contributed by atoms with Crippen LogP contribution in [0.15, 0.2) is 15.7 Å². The summed E-state index contributed by atoms with van der Waals surface area (Å²) >= 11 is 0. The monoisotopic (exact) mass is 214 g/mol. The quantitative estimate of drug-likeness (QED) is 0.601. The number of rotatable bonds is 4. The molecule has 0 amide bonds. The standard InChI is InChI=1S/C8H10N2O5/c11-5-4-6(12)10(8(15)9-5)3-1-2-7(13)14/h4,12H,1-3H2,(H,13,14)(H,9,11,15). The summed E-state index contributed by atoms with van der Waals surface area (Å²) in [5.41, 5.74) is -1.43. The Hall–Kier alpha value is -2.05. The van der Waals surface area contributed by atoms with Crippen LogP contribution in [0.4, 0.5) is 0 Å². The van der Waals surface area contributed by atoms with Crippen molar-refractivity contribution >= 4 is 5.97 Å². The Morgan fingerprint density at radius 1 is 1.47 bits per heavy atom. The van der Waals surface area contributed by atoms with Gasteiger partial charge in [-0.15, -0.1) is 0 Å². The lowest BCUT2D eigenvalue weighted by atomic mass is 10.3. The van der Waals surface area contributed by atoms with Crippen molar-refractivity contribution in [1.29, 1.82) is 0 Å². The molecule has 0 radical (unpaired) electrons. The summed E-state index contributed by atoms with van der Waals surface area (Å²) in [6.45, 7) is 0.0494. The molecule has 3 N–H and O–H groups in total. The Labute approximate surface area is 83.6 Å². The van der Waals surface area contributed by atoms with Crippen LogP contribution in [0.1, 0.15) is 12.8 Å². The van der Waals surface area contributed by atoms with Crippen LogP contribution in [0.25, 0.3) is 0 Å². The highest BCUT2D eigenvalue weighted by Gasteiger charge is 2.05. The van der Waals surface area contributed by atoms with Gasteiger partial charge in [-0.3, -0.25) is 19.1 Å². The van der Waals surface area contributed by atoms with Gasteiger partial charge in [0, 0.05) is 13.0 Å². The summed E-state index contributed by atoms with van der Waals surface area (Å²) in [5, 5.41) is 17.6. The fourth-order valence-electron chi connectivity index (χ4n) is 1.11. The van der Waals surface area contributed by atoms with Gasteiger partial charge in [0.15, 0.2) is 0 Å². The van der Waals surface area contributed by atoms with E-state index >= 15 is 0 Å². The summed E-state index contributed by atoms with van der Waals surface area (Å²) in [5.74, 6) is -1.44. The molecule has 0 saturated carbocycles. The molecule has 0 aromatic carbocycles. The molecule has 0 spiro atoms. The van der Waals surface area contributed by atoms with Crippen LogP contribution in [0, 0.1) is 0 Å². The van der Waals surface area contributed by atoms with Gasteiger partial charge in [-0.2, -0.15) is 0 Å². The number of carboxylic acid groups (broad SMARTS) is 1. The van der Waals surface area contributed by atoms with E-state index in [-0.39, 0.29) is 19.4 Å². The van der Waals surface area contributed by atoms with Crippen molar-refractivity contribution in [3.63, 3.8) is 0 Å². The van der Waals surface area contributed by atoms with Crippen molar-refractivity contribution in [2.45, 2.75) is 19.4 Å². The van der Waals surface area contributed by atoms with Crippen LogP contribution in [0.2, 0.25) is 0 Å². The Balaban J connectivity index is 2.82. The first kappa shape index (κ1) is 11.0. The van der Waals surface area contributed by atoms with E-state index in [9.17, 15) is 19.5 Å². The zero-order valence-corrected chi connectivity index (χ0v) is 7.77. The normalized spacial score (nSPS) is 10.1. The van der Waals surface area contributed by atoms with E-state index < -0.39 is 23.1 Å². The smallest absolute Gasteiger partial charge is 0.331 e. The van der Waals surface area contributed by atoms with Gasteiger partial charge in [-0.05, 0) is 6.42 Å². The average molecular weight is 214 g/mol. The number of nitrogens with zero attached hydrogens (tertiary/aromatic N) is 1. The van der Waals surface area contributed by atoms with E-state index in [1.54, 1.807) is 0 Å². The van der Waals surface area contributed by atoms with Crippen molar-refractivity contribution < 1.29 is 15.0 Å². The zero-order valence-electron chi connectivity index (χ0n) is 7.77. The average Bonchev–Trinajstić information content (AvgIpc) is 2.08. The van der Waals surface area contributed by atoms with Crippen molar-refractivity contribution in [1.82, 2.24) is 9.55 Å². The van der Waals surface area contributed by atoms with E-state index in [0.29, 0.717) is 0 Å². The number of aromatic nitrogens is 2.